The summed E-state index contributed by atoms with van der Waals surface area (Å²) >= 11 is 0. The number of rotatable bonds is 4. The van der Waals surface area contributed by atoms with E-state index in [1.165, 1.54) is 23.1 Å². The molecule has 1 aliphatic rings. The normalized spacial score (nSPS) is 18.2. The second-order valence-electron chi connectivity index (χ2n) is 9.01. The molecule has 2 atom stereocenters. The molecule has 4 N–H and O–H groups in total. The molecule has 5 rings (SSSR count). The number of halogens is 1. The van der Waals surface area contributed by atoms with Gasteiger partial charge in [0.25, 0.3) is 5.91 Å². The summed E-state index contributed by atoms with van der Waals surface area (Å²) in [5, 5.41) is 11.4. The summed E-state index contributed by atoms with van der Waals surface area (Å²) in [4.78, 5) is 36.2. The van der Waals surface area contributed by atoms with Gasteiger partial charge in [-0.05, 0) is 32.0 Å². The number of carbonyl (C=O) groups is 2. The van der Waals surface area contributed by atoms with Gasteiger partial charge in [0.2, 0.25) is 5.91 Å². The molecule has 0 aliphatic carbocycles. The van der Waals surface area contributed by atoms with Crippen molar-refractivity contribution in [1.29, 1.82) is 0 Å². The highest BCUT2D eigenvalue weighted by Crippen LogP contribution is 2.29. The van der Waals surface area contributed by atoms with E-state index < -0.39 is 17.6 Å². The number of benzene rings is 1. The minimum atomic E-state index is -0.623. The number of amides is 2. The van der Waals surface area contributed by atoms with Crippen LogP contribution in [0, 0.1) is 5.82 Å². The summed E-state index contributed by atoms with van der Waals surface area (Å²) in [6.07, 6.45) is 4.47. The minimum Gasteiger partial charge on any atom is -0.366 e. The van der Waals surface area contributed by atoms with Gasteiger partial charge in [-0.3, -0.25) is 19.3 Å². The highest BCUT2D eigenvalue weighted by molar-refractivity contribution is 6.14. The SMILES string of the molecule is CC1CN(c2ncc(C(=O)Nc3cc(F)c4nn(C)cc4c3)c3ncc(C(N)=O)cc23)CC(C)N1. The number of hydrogen-bond acceptors (Lipinski definition) is 7. The highest BCUT2D eigenvalue weighted by atomic mass is 19.1. The van der Waals surface area contributed by atoms with Gasteiger partial charge in [0.1, 0.15) is 11.3 Å². The Kier molecular flexibility index (Phi) is 5.56. The van der Waals surface area contributed by atoms with E-state index in [4.69, 9.17) is 5.73 Å². The number of nitrogens with zero attached hydrogens (tertiary/aromatic N) is 5. The summed E-state index contributed by atoms with van der Waals surface area (Å²) in [7, 11) is 1.70. The summed E-state index contributed by atoms with van der Waals surface area (Å²) in [6.45, 7) is 5.56. The number of piperazine rings is 1. The number of nitrogens with two attached hydrogens (primary N) is 1. The fraction of sp³-hybridized carbons (Fsp3) is 0.292. The predicted molar refractivity (Wildman–Crippen MR) is 131 cm³/mol. The molecule has 10 nitrogen and oxygen atoms in total. The fourth-order valence-corrected chi connectivity index (χ4v) is 4.64. The number of anilines is 2. The van der Waals surface area contributed by atoms with E-state index in [0.29, 0.717) is 35.2 Å². The van der Waals surface area contributed by atoms with E-state index in [1.54, 1.807) is 25.4 Å². The first-order valence-corrected chi connectivity index (χ1v) is 11.2. The molecular weight excluding hydrogens is 451 g/mol. The van der Waals surface area contributed by atoms with Crippen molar-refractivity contribution in [3.8, 4) is 0 Å². The lowest BCUT2D eigenvalue weighted by molar-refractivity contribution is 0.0998. The third kappa shape index (κ3) is 4.26. The molecule has 0 radical (unpaired) electrons. The quantitative estimate of drug-likeness (QED) is 0.411. The number of nitrogens with one attached hydrogen (secondary N) is 2. The molecule has 2 unspecified atom stereocenters. The Bertz CT molecular complexity index is 1470. The van der Waals surface area contributed by atoms with Crippen LogP contribution in [0.25, 0.3) is 21.8 Å². The molecule has 0 bridgehead atoms. The lowest BCUT2D eigenvalue weighted by atomic mass is 10.1. The lowest BCUT2D eigenvalue weighted by Gasteiger charge is -2.37. The molecule has 0 spiro atoms. The van der Waals surface area contributed by atoms with Crippen LogP contribution in [0.4, 0.5) is 15.9 Å². The maximum Gasteiger partial charge on any atom is 0.259 e. The van der Waals surface area contributed by atoms with Crippen LogP contribution in [-0.2, 0) is 7.05 Å². The minimum absolute atomic E-state index is 0.197. The van der Waals surface area contributed by atoms with Gasteiger partial charge in [-0.25, -0.2) is 9.37 Å². The van der Waals surface area contributed by atoms with Crippen molar-refractivity contribution in [3.05, 3.63) is 53.7 Å². The summed E-state index contributed by atoms with van der Waals surface area (Å²) in [6, 6.07) is 4.93. The van der Waals surface area contributed by atoms with Crippen molar-refractivity contribution in [3.63, 3.8) is 0 Å². The Hall–Kier alpha value is -4.12. The van der Waals surface area contributed by atoms with Crippen molar-refractivity contribution in [2.45, 2.75) is 25.9 Å². The lowest BCUT2D eigenvalue weighted by Crippen LogP contribution is -2.54. The van der Waals surface area contributed by atoms with E-state index in [-0.39, 0.29) is 34.4 Å². The molecule has 3 aromatic heterocycles. The zero-order chi connectivity index (χ0) is 24.9. The van der Waals surface area contributed by atoms with Crippen LogP contribution in [0.1, 0.15) is 34.6 Å². The Morgan fingerprint density at radius 1 is 1.11 bits per heavy atom. The number of hydrogen-bond donors (Lipinski definition) is 3. The smallest absolute Gasteiger partial charge is 0.259 e. The van der Waals surface area contributed by atoms with Crippen LogP contribution >= 0.6 is 0 Å². The first-order chi connectivity index (χ1) is 16.7. The molecule has 35 heavy (non-hydrogen) atoms. The monoisotopic (exact) mass is 476 g/mol. The van der Waals surface area contributed by atoms with Crippen LogP contribution in [0.5, 0.6) is 0 Å². The topological polar surface area (TPSA) is 131 Å². The van der Waals surface area contributed by atoms with E-state index in [1.807, 2.05) is 0 Å². The molecule has 1 saturated heterocycles. The fourth-order valence-electron chi connectivity index (χ4n) is 4.64. The van der Waals surface area contributed by atoms with Gasteiger partial charge < -0.3 is 21.3 Å². The molecule has 4 aromatic rings. The van der Waals surface area contributed by atoms with Crippen LogP contribution in [0.2, 0.25) is 0 Å². The van der Waals surface area contributed by atoms with Gasteiger partial charge in [-0.15, -0.1) is 0 Å². The van der Waals surface area contributed by atoms with Crippen LogP contribution in [0.3, 0.4) is 0 Å². The first kappa shape index (κ1) is 22.7. The van der Waals surface area contributed by atoms with Crippen molar-refractivity contribution >= 4 is 45.1 Å². The van der Waals surface area contributed by atoms with Crippen LogP contribution < -0.4 is 21.3 Å². The standard InChI is InChI=1S/C24H25FN8O2/c1-12-9-33(10-13(2)29-12)23-17-5-14(22(26)34)7-27-21(17)18(8-28-23)24(35)30-16-4-15-11-32(3)31-20(15)19(25)6-16/h4-8,11-13,29H,9-10H2,1-3H3,(H2,26,34)(H,30,35). The third-order valence-corrected chi connectivity index (χ3v) is 6.02. The van der Waals surface area contributed by atoms with Gasteiger partial charge >= 0.3 is 0 Å². The maximum atomic E-state index is 14.5. The van der Waals surface area contributed by atoms with E-state index in [9.17, 15) is 14.0 Å². The molecular formula is C24H25FN8O2. The third-order valence-electron chi connectivity index (χ3n) is 6.02. The molecule has 11 heteroatoms. The summed E-state index contributed by atoms with van der Waals surface area (Å²) in [5.74, 6) is -1.04. The van der Waals surface area contributed by atoms with Crippen molar-refractivity contribution in [2.24, 2.45) is 12.8 Å². The first-order valence-electron chi connectivity index (χ1n) is 11.2. The largest absolute Gasteiger partial charge is 0.366 e. The highest BCUT2D eigenvalue weighted by Gasteiger charge is 2.26. The average molecular weight is 477 g/mol. The Morgan fingerprint density at radius 2 is 1.86 bits per heavy atom. The van der Waals surface area contributed by atoms with E-state index in [0.717, 1.165) is 0 Å². The number of fused-ring (bicyclic) bond motifs is 2. The molecule has 180 valence electrons. The van der Waals surface area contributed by atoms with Gasteiger partial charge in [0.15, 0.2) is 5.82 Å². The Balaban J connectivity index is 1.56. The van der Waals surface area contributed by atoms with Crippen molar-refractivity contribution in [2.75, 3.05) is 23.3 Å². The molecule has 1 aliphatic heterocycles. The van der Waals surface area contributed by atoms with Crippen LogP contribution in [-0.4, -0.2) is 56.7 Å². The number of carbonyl (C=O) groups excluding carboxylic acids is 2. The second kappa shape index (κ2) is 8.58. The molecule has 4 heterocycles. The molecule has 1 aromatic carbocycles. The average Bonchev–Trinajstić information content (AvgIpc) is 3.18. The van der Waals surface area contributed by atoms with Crippen molar-refractivity contribution in [1.82, 2.24) is 25.1 Å². The van der Waals surface area contributed by atoms with Gasteiger partial charge in [-0.1, -0.05) is 0 Å². The zero-order valence-corrected chi connectivity index (χ0v) is 19.5. The maximum absolute atomic E-state index is 14.5. The predicted octanol–water partition coefficient (Wildman–Crippen LogP) is 2.19. The number of aromatic nitrogens is 4. The Morgan fingerprint density at radius 3 is 2.57 bits per heavy atom. The summed E-state index contributed by atoms with van der Waals surface area (Å²) < 4.78 is 16.0. The summed E-state index contributed by atoms with van der Waals surface area (Å²) in [5.41, 5.74) is 6.79. The van der Waals surface area contributed by atoms with Crippen molar-refractivity contribution < 1.29 is 14.0 Å². The zero-order valence-electron chi connectivity index (χ0n) is 19.5. The molecule has 2 amide bonds. The van der Waals surface area contributed by atoms with Gasteiger partial charge in [0.05, 0.1) is 16.6 Å². The Labute approximate surface area is 200 Å². The van der Waals surface area contributed by atoms with E-state index >= 15 is 0 Å². The van der Waals surface area contributed by atoms with Gasteiger partial charge in [-0.2, -0.15) is 5.10 Å². The van der Waals surface area contributed by atoms with Gasteiger partial charge in [0, 0.05) is 67.3 Å². The second-order valence-corrected chi connectivity index (χ2v) is 9.01. The number of aryl methyl sites for hydroxylation is 1. The van der Waals surface area contributed by atoms with E-state index in [2.05, 4.69) is 44.4 Å². The number of primary amides is 1. The molecule has 1 fully saturated rings. The number of pyridine rings is 2. The molecule has 0 saturated carbocycles. The van der Waals surface area contributed by atoms with Crippen LogP contribution in [0.15, 0.2) is 36.8 Å².